The van der Waals surface area contributed by atoms with Crippen LogP contribution < -0.4 is 10.6 Å². The minimum Gasteiger partial charge on any atom is -0.325 e. The third-order valence-corrected chi connectivity index (χ3v) is 2.38. The van der Waals surface area contributed by atoms with Crippen LogP contribution in [0.25, 0.3) is 0 Å². The first-order chi connectivity index (χ1) is 8.47. The molecule has 0 atom stereocenters. The van der Waals surface area contributed by atoms with Gasteiger partial charge in [-0.05, 0) is 31.8 Å². The SMILES string of the molecule is CC(C)NCC(=O)Nc1cccc(CN(C)C)c1. The highest BCUT2D eigenvalue weighted by Crippen LogP contribution is 2.11. The molecular formula is C14H23N3O. The molecule has 2 N–H and O–H groups in total. The molecule has 0 bridgehead atoms. The number of amides is 1. The molecule has 0 aliphatic heterocycles. The first-order valence-corrected chi connectivity index (χ1v) is 6.24. The summed E-state index contributed by atoms with van der Waals surface area (Å²) in [7, 11) is 4.05. The van der Waals surface area contributed by atoms with Crippen molar-refractivity contribution in [2.24, 2.45) is 0 Å². The number of benzene rings is 1. The summed E-state index contributed by atoms with van der Waals surface area (Å²) < 4.78 is 0. The van der Waals surface area contributed by atoms with Gasteiger partial charge >= 0.3 is 0 Å². The number of hydrogen-bond donors (Lipinski definition) is 2. The van der Waals surface area contributed by atoms with Crippen LogP contribution >= 0.6 is 0 Å². The average Bonchev–Trinajstić information content (AvgIpc) is 2.26. The number of nitrogens with one attached hydrogen (secondary N) is 2. The summed E-state index contributed by atoms with van der Waals surface area (Å²) >= 11 is 0. The summed E-state index contributed by atoms with van der Waals surface area (Å²) in [6, 6.07) is 8.25. The Bertz CT molecular complexity index is 388. The molecular weight excluding hydrogens is 226 g/mol. The van der Waals surface area contributed by atoms with Crippen molar-refractivity contribution in [3.63, 3.8) is 0 Å². The van der Waals surface area contributed by atoms with Crippen molar-refractivity contribution in [1.29, 1.82) is 0 Å². The highest BCUT2D eigenvalue weighted by molar-refractivity contribution is 5.92. The fourth-order valence-corrected chi connectivity index (χ4v) is 1.61. The number of anilines is 1. The molecule has 1 rings (SSSR count). The van der Waals surface area contributed by atoms with Gasteiger partial charge in [0.05, 0.1) is 6.54 Å². The van der Waals surface area contributed by atoms with Crippen molar-refractivity contribution in [3.05, 3.63) is 29.8 Å². The zero-order valence-electron chi connectivity index (χ0n) is 11.7. The fraction of sp³-hybridized carbons (Fsp3) is 0.500. The van der Waals surface area contributed by atoms with Gasteiger partial charge in [0, 0.05) is 18.3 Å². The summed E-state index contributed by atoms with van der Waals surface area (Å²) in [4.78, 5) is 13.8. The van der Waals surface area contributed by atoms with Crippen molar-refractivity contribution in [2.45, 2.75) is 26.4 Å². The Kier molecular flexibility index (Phi) is 5.82. The number of carbonyl (C=O) groups is 1. The maximum absolute atomic E-state index is 11.7. The first-order valence-electron chi connectivity index (χ1n) is 6.24. The summed E-state index contributed by atoms with van der Waals surface area (Å²) in [5.74, 6) is -0.00861. The Hall–Kier alpha value is -1.39. The molecule has 0 unspecified atom stereocenters. The van der Waals surface area contributed by atoms with Crippen LogP contribution in [0.15, 0.2) is 24.3 Å². The minimum absolute atomic E-state index is 0.00861. The van der Waals surface area contributed by atoms with Crippen molar-refractivity contribution < 1.29 is 4.79 Å². The monoisotopic (exact) mass is 249 g/mol. The molecule has 0 saturated heterocycles. The van der Waals surface area contributed by atoms with Crippen LogP contribution in [0.3, 0.4) is 0 Å². The second-order valence-electron chi connectivity index (χ2n) is 5.02. The van der Waals surface area contributed by atoms with E-state index in [9.17, 15) is 4.79 Å². The van der Waals surface area contributed by atoms with Gasteiger partial charge in [0.15, 0.2) is 0 Å². The largest absolute Gasteiger partial charge is 0.325 e. The predicted octanol–water partition coefficient (Wildman–Crippen LogP) is 1.68. The van der Waals surface area contributed by atoms with Crippen molar-refractivity contribution >= 4 is 11.6 Å². The molecule has 0 fully saturated rings. The number of hydrogen-bond acceptors (Lipinski definition) is 3. The Morgan fingerprint density at radius 3 is 2.67 bits per heavy atom. The molecule has 0 spiro atoms. The Morgan fingerprint density at radius 1 is 1.33 bits per heavy atom. The maximum atomic E-state index is 11.7. The molecule has 4 heteroatoms. The molecule has 0 aromatic heterocycles. The van der Waals surface area contributed by atoms with Gasteiger partial charge in [-0.15, -0.1) is 0 Å². The van der Waals surface area contributed by atoms with Gasteiger partial charge in [0.2, 0.25) is 5.91 Å². The normalized spacial score (nSPS) is 11.0. The molecule has 100 valence electrons. The van der Waals surface area contributed by atoms with Gasteiger partial charge in [-0.25, -0.2) is 0 Å². The van der Waals surface area contributed by atoms with E-state index in [-0.39, 0.29) is 5.91 Å². The van der Waals surface area contributed by atoms with Crippen LogP contribution in [0.5, 0.6) is 0 Å². The third-order valence-electron chi connectivity index (χ3n) is 2.38. The van der Waals surface area contributed by atoms with Crippen LogP contribution in [-0.2, 0) is 11.3 Å². The lowest BCUT2D eigenvalue weighted by Gasteiger charge is -2.12. The van der Waals surface area contributed by atoms with E-state index in [2.05, 4.69) is 21.6 Å². The van der Waals surface area contributed by atoms with Crippen LogP contribution in [0.4, 0.5) is 5.69 Å². The molecule has 0 heterocycles. The summed E-state index contributed by atoms with van der Waals surface area (Å²) in [5, 5.41) is 5.98. The van der Waals surface area contributed by atoms with Gasteiger partial charge in [0.25, 0.3) is 0 Å². The van der Waals surface area contributed by atoms with E-state index < -0.39 is 0 Å². The molecule has 4 nitrogen and oxygen atoms in total. The van der Waals surface area contributed by atoms with E-state index in [1.54, 1.807) is 0 Å². The van der Waals surface area contributed by atoms with E-state index in [4.69, 9.17) is 0 Å². The molecule has 18 heavy (non-hydrogen) atoms. The summed E-state index contributed by atoms with van der Waals surface area (Å²) in [6.07, 6.45) is 0. The van der Waals surface area contributed by atoms with E-state index in [0.717, 1.165) is 12.2 Å². The van der Waals surface area contributed by atoms with Crippen LogP contribution in [0.2, 0.25) is 0 Å². The molecule has 0 radical (unpaired) electrons. The van der Waals surface area contributed by atoms with Gasteiger partial charge in [0.1, 0.15) is 0 Å². The van der Waals surface area contributed by atoms with E-state index in [0.29, 0.717) is 12.6 Å². The molecule has 0 saturated carbocycles. The van der Waals surface area contributed by atoms with Crippen molar-refractivity contribution in [1.82, 2.24) is 10.2 Å². The van der Waals surface area contributed by atoms with Gasteiger partial charge in [-0.2, -0.15) is 0 Å². The summed E-state index contributed by atoms with van der Waals surface area (Å²) in [5.41, 5.74) is 2.04. The maximum Gasteiger partial charge on any atom is 0.238 e. The number of rotatable bonds is 6. The van der Waals surface area contributed by atoms with Crippen LogP contribution in [0.1, 0.15) is 19.4 Å². The molecule has 1 aromatic rings. The van der Waals surface area contributed by atoms with Crippen molar-refractivity contribution in [3.8, 4) is 0 Å². The Balaban J connectivity index is 2.53. The van der Waals surface area contributed by atoms with Gasteiger partial charge in [-0.3, -0.25) is 4.79 Å². The lowest BCUT2D eigenvalue weighted by atomic mass is 10.2. The van der Waals surface area contributed by atoms with Crippen molar-refractivity contribution in [2.75, 3.05) is 26.0 Å². The lowest BCUT2D eigenvalue weighted by molar-refractivity contribution is -0.115. The smallest absolute Gasteiger partial charge is 0.238 e. The van der Waals surface area contributed by atoms with Gasteiger partial charge in [-0.1, -0.05) is 26.0 Å². The standard InChI is InChI=1S/C14H23N3O/c1-11(2)15-9-14(18)16-13-7-5-6-12(8-13)10-17(3)4/h5-8,11,15H,9-10H2,1-4H3,(H,16,18). The topological polar surface area (TPSA) is 44.4 Å². The van der Waals surface area contributed by atoms with E-state index in [1.165, 1.54) is 5.56 Å². The highest BCUT2D eigenvalue weighted by atomic mass is 16.1. The van der Waals surface area contributed by atoms with Crippen LogP contribution in [0, 0.1) is 0 Å². The Labute approximate surface area is 109 Å². The van der Waals surface area contributed by atoms with E-state index in [1.807, 2.05) is 46.1 Å². The average molecular weight is 249 g/mol. The van der Waals surface area contributed by atoms with Crippen LogP contribution in [-0.4, -0.2) is 37.5 Å². The fourth-order valence-electron chi connectivity index (χ4n) is 1.61. The quantitative estimate of drug-likeness (QED) is 0.806. The Morgan fingerprint density at radius 2 is 2.06 bits per heavy atom. The molecule has 0 aliphatic rings. The zero-order chi connectivity index (χ0) is 13.5. The minimum atomic E-state index is -0.00861. The highest BCUT2D eigenvalue weighted by Gasteiger charge is 2.04. The second-order valence-corrected chi connectivity index (χ2v) is 5.02. The molecule has 1 amide bonds. The van der Waals surface area contributed by atoms with Gasteiger partial charge < -0.3 is 15.5 Å². The van der Waals surface area contributed by atoms with E-state index >= 15 is 0 Å². The molecule has 1 aromatic carbocycles. The summed E-state index contributed by atoms with van der Waals surface area (Å²) in [6.45, 7) is 5.25. The molecule has 0 aliphatic carbocycles. The predicted molar refractivity (Wildman–Crippen MR) is 75.6 cm³/mol. The number of nitrogens with zero attached hydrogens (tertiary/aromatic N) is 1. The number of carbonyl (C=O) groups excluding carboxylic acids is 1. The lowest BCUT2D eigenvalue weighted by Crippen LogP contribution is -2.32. The zero-order valence-corrected chi connectivity index (χ0v) is 11.7. The first kappa shape index (κ1) is 14.7. The third kappa shape index (κ3) is 5.80. The second kappa shape index (κ2) is 7.13.